The van der Waals surface area contributed by atoms with Gasteiger partial charge in [-0.25, -0.2) is 4.98 Å². The number of aromatic nitrogens is 1. The van der Waals surface area contributed by atoms with Crippen molar-refractivity contribution in [3.63, 3.8) is 0 Å². The molecule has 0 radical (unpaired) electrons. The molecule has 2 heterocycles. The summed E-state index contributed by atoms with van der Waals surface area (Å²) in [6, 6.07) is 2.79. The Morgan fingerprint density at radius 2 is 2.05 bits per heavy atom. The largest absolute Gasteiger partial charge is 0.322 e. The molecule has 4 bridgehead atoms. The summed E-state index contributed by atoms with van der Waals surface area (Å²) in [5.74, 6) is 1.32. The van der Waals surface area contributed by atoms with Crippen LogP contribution >= 0.6 is 0 Å². The first-order chi connectivity index (χ1) is 10.1. The molecule has 6 heteroatoms. The minimum absolute atomic E-state index is 0.0284. The quantitative estimate of drug-likeness (QED) is 0.472. The Bertz CT molecular complexity index is 680. The minimum Gasteiger partial charge on any atom is -0.322 e. The summed E-state index contributed by atoms with van der Waals surface area (Å²) in [4.78, 5) is 28.8. The lowest BCUT2D eigenvalue weighted by atomic mass is 9.73. The maximum Gasteiger partial charge on any atom is 0.287 e. The first-order valence-corrected chi connectivity index (χ1v) is 6.94. The van der Waals surface area contributed by atoms with Gasteiger partial charge in [-0.15, -0.1) is 0 Å². The van der Waals surface area contributed by atoms with E-state index < -0.39 is 4.92 Å². The Morgan fingerprint density at radius 1 is 1.24 bits per heavy atom. The van der Waals surface area contributed by atoms with E-state index in [4.69, 9.17) is 0 Å². The molecular weight excluding hydrogens is 270 g/mol. The van der Waals surface area contributed by atoms with Crippen molar-refractivity contribution in [2.24, 2.45) is 17.8 Å². The van der Waals surface area contributed by atoms with Gasteiger partial charge in [0.1, 0.15) is 18.1 Å². The molecule has 1 aromatic rings. The fourth-order valence-corrected chi connectivity index (χ4v) is 3.59. The molecule has 0 spiro atoms. The molecule has 4 rings (SSSR count). The third-order valence-corrected chi connectivity index (χ3v) is 4.60. The second-order valence-corrected chi connectivity index (χ2v) is 5.70. The van der Waals surface area contributed by atoms with Gasteiger partial charge in [-0.05, 0) is 18.4 Å². The zero-order valence-electron chi connectivity index (χ0n) is 11.1. The number of carbonyl (C=O) groups is 1. The highest BCUT2D eigenvalue weighted by atomic mass is 16.6. The third-order valence-electron chi connectivity index (χ3n) is 4.60. The molecule has 106 valence electrons. The Hall–Kier alpha value is -2.50. The zero-order chi connectivity index (χ0) is 14.6. The monoisotopic (exact) mass is 283 g/mol. The molecule has 0 saturated heterocycles. The molecule has 0 N–H and O–H groups in total. The third kappa shape index (κ3) is 1.72. The summed E-state index contributed by atoms with van der Waals surface area (Å²) < 4.78 is 0. The minimum atomic E-state index is -0.477. The second kappa shape index (κ2) is 4.25. The van der Waals surface area contributed by atoms with Gasteiger partial charge in [-0.2, -0.15) is 0 Å². The molecule has 0 aromatic carbocycles. The molecule has 1 fully saturated rings. The topological polar surface area (TPSA) is 76.3 Å². The Labute approximate surface area is 120 Å². The van der Waals surface area contributed by atoms with Crippen LogP contribution in [0, 0.1) is 27.9 Å². The van der Waals surface area contributed by atoms with Gasteiger partial charge in [-0.3, -0.25) is 14.9 Å². The van der Waals surface area contributed by atoms with E-state index >= 15 is 0 Å². The van der Waals surface area contributed by atoms with E-state index in [1.165, 1.54) is 12.3 Å². The highest BCUT2D eigenvalue weighted by Crippen LogP contribution is 2.44. The highest BCUT2D eigenvalue weighted by Gasteiger charge is 2.48. The number of nitro groups is 1. The van der Waals surface area contributed by atoms with Gasteiger partial charge in [0.15, 0.2) is 5.78 Å². The van der Waals surface area contributed by atoms with Gasteiger partial charge in [-0.1, -0.05) is 18.2 Å². The fraction of sp³-hybridized carbons (Fsp3) is 0.333. The van der Waals surface area contributed by atoms with Gasteiger partial charge in [0.25, 0.3) is 5.69 Å². The number of pyridine rings is 1. The number of rotatable bonds is 2. The summed E-state index contributed by atoms with van der Waals surface area (Å²) in [5.41, 5.74) is -0.0478. The van der Waals surface area contributed by atoms with Crippen LogP contribution in [0.4, 0.5) is 11.5 Å². The van der Waals surface area contributed by atoms with Crippen LogP contribution in [0.15, 0.2) is 42.8 Å². The molecule has 1 saturated carbocycles. The maximum atomic E-state index is 12.6. The highest BCUT2D eigenvalue weighted by molar-refractivity contribution is 5.94. The van der Waals surface area contributed by atoms with Crippen LogP contribution in [0.5, 0.6) is 0 Å². The summed E-state index contributed by atoms with van der Waals surface area (Å²) in [6.45, 7) is 0. The van der Waals surface area contributed by atoms with Crippen LogP contribution in [-0.4, -0.2) is 21.7 Å². The van der Waals surface area contributed by atoms with E-state index in [0.717, 1.165) is 6.42 Å². The number of nitrogens with zero attached hydrogens (tertiary/aromatic N) is 3. The molecule has 2 aliphatic carbocycles. The number of Topliss-reactive ketones (excluding diaryl/α,β-unsaturated/α-hetero) is 1. The number of fused-ring (bicyclic) bond motifs is 6. The van der Waals surface area contributed by atoms with Crippen LogP contribution in [0.3, 0.4) is 0 Å². The number of hydrogen-bond donors (Lipinski definition) is 0. The number of ketones is 1. The van der Waals surface area contributed by atoms with Crippen molar-refractivity contribution < 1.29 is 9.72 Å². The lowest BCUT2D eigenvalue weighted by Gasteiger charge is -2.42. The summed E-state index contributed by atoms with van der Waals surface area (Å²) in [5, 5.41) is 10.7. The first kappa shape index (κ1) is 12.3. The van der Waals surface area contributed by atoms with E-state index in [9.17, 15) is 14.9 Å². The number of hydrogen-bond acceptors (Lipinski definition) is 5. The van der Waals surface area contributed by atoms with Crippen molar-refractivity contribution in [3.8, 4) is 0 Å². The van der Waals surface area contributed by atoms with Gasteiger partial charge in [0, 0.05) is 24.1 Å². The van der Waals surface area contributed by atoms with Crippen LogP contribution in [0.2, 0.25) is 0 Å². The van der Waals surface area contributed by atoms with Gasteiger partial charge >= 0.3 is 0 Å². The Balaban J connectivity index is 1.72. The number of carbonyl (C=O) groups excluding carboxylic acids is 1. The molecule has 1 aromatic heterocycles. The van der Waals surface area contributed by atoms with Crippen LogP contribution < -0.4 is 4.90 Å². The molecule has 1 aliphatic heterocycles. The smallest absolute Gasteiger partial charge is 0.287 e. The van der Waals surface area contributed by atoms with Crippen molar-refractivity contribution >= 4 is 17.3 Å². The van der Waals surface area contributed by atoms with E-state index in [0.29, 0.717) is 11.7 Å². The normalized spacial score (nSPS) is 32.6. The molecule has 0 amide bonds. The van der Waals surface area contributed by atoms with Gasteiger partial charge in [0.2, 0.25) is 0 Å². The summed E-state index contributed by atoms with van der Waals surface area (Å²) in [7, 11) is 0. The average molecular weight is 283 g/mol. The van der Waals surface area contributed by atoms with Crippen LogP contribution in [0.1, 0.15) is 6.42 Å². The first-order valence-electron chi connectivity index (χ1n) is 6.94. The second-order valence-electron chi connectivity index (χ2n) is 5.70. The molecule has 6 nitrogen and oxygen atoms in total. The van der Waals surface area contributed by atoms with E-state index in [2.05, 4.69) is 17.1 Å². The Morgan fingerprint density at radius 3 is 2.76 bits per heavy atom. The Kier molecular flexibility index (Phi) is 2.48. The zero-order valence-corrected chi connectivity index (χ0v) is 11.1. The molecule has 3 aliphatic rings. The predicted octanol–water partition coefficient (Wildman–Crippen LogP) is 2.08. The molecular formula is C15H13N3O3. The van der Waals surface area contributed by atoms with Gasteiger partial charge < -0.3 is 4.90 Å². The lowest BCUT2D eigenvalue weighted by molar-refractivity contribution is -0.385. The number of allylic oxidation sites excluding steroid dienone is 2. The predicted molar refractivity (Wildman–Crippen MR) is 75.5 cm³/mol. The average Bonchev–Trinajstić information content (AvgIpc) is 2.92. The standard InChI is InChI=1S/C15H13N3O3/c19-15-12-5-6-17(14(15)10-2-1-9(12)7-10)13-4-3-11(8-16-13)18(20)21/h1-6,8-10,12,14H,7H2/t9-,10+,12+,14-/m0/s1. The lowest BCUT2D eigenvalue weighted by Crippen LogP contribution is -2.52. The maximum absolute atomic E-state index is 12.6. The van der Waals surface area contributed by atoms with Crippen molar-refractivity contribution in [3.05, 3.63) is 52.9 Å². The van der Waals surface area contributed by atoms with E-state index in [1.54, 1.807) is 6.07 Å². The molecule has 0 unspecified atom stereocenters. The fourth-order valence-electron chi connectivity index (χ4n) is 3.59. The SMILES string of the molecule is O=C1[C@@H]2[C@@H]3C=C[C@@H](C3)[C@H]1C=CN2c1ccc([N+](=O)[O-])cn1. The van der Waals surface area contributed by atoms with E-state index in [-0.39, 0.29) is 29.3 Å². The van der Waals surface area contributed by atoms with Gasteiger partial charge in [0.05, 0.1) is 4.92 Å². The van der Waals surface area contributed by atoms with Crippen molar-refractivity contribution in [1.82, 2.24) is 4.98 Å². The van der Waals surface area contributed by atoms with Crippen molar-refractivity contribution in [2.75, 3.05) is 4.90 Å². The number of anilines is 1. The van der Waals surface area contributed by atoms with Crippen LogP contribution in [0.25, 0.3) is 0 Å². The summed E-state index contributed by atoms with van der Waals surface area (Å²) >= 11 is 0. The van der Waals surface area contributed by atoms with Crippen molar-refractivity contribution in [2.45, 2.75) is 12.5 Å². The van der Waals surface area contributed by atoms with Crippen molar-refractivity contribution in [1.29, 1.82) is 0 Å². The summed E-state index contributed by atoms with van der Waals surface area (Å²) in [6.07, 6.45) is 10.3. The molecule has 21 heavy (non-hydrogen) atoms. The van der Waals surface area contributed by atoms with E-state index in [1.807, 2.05) is 17.2 Å². The van der Waals surface area contributed by atoms with Crippen LogP contribution in [-0.2, 0) is 4.79 Å². The molecule has 4 atom stereocenters.